The second-order valence-corrected chi connectivity index (χ2v) is 7.84. The molecule has 9 heteroatoms. The molecular formula is C23H20BrN3O5. The van der Waals surface area contributed by atoms with Gasteiger partial charge in [-0.05, 0) is 30.2 Å². The van der Waals surface area contributed by atoms with Crippen LogP contribution < -0.4 is 10.6 Å². The Labute approximate surface area is 193 Å². The maximum Gasteiger partial charge on any atom is 0.355 e. The van der Waals surface area contributed by atoms with E-state index < -0.39 is 17.9 Å². The van der Waals surface area contributed by atoms with Crippen LogP contribution in [0, 0.1) is 18.3 Å². The van der Waals surface area contributed by atoms with Crippen LogP contribution in [0.25, 0.3) is 0 Å². The standard InChI is InChI=1S/C23H20BrN3O5/c1-12-9-14(24)10-16(28)19(12)27-20(23(30)32-3)18(22(29)31-2)17(15(11-25)21(27)26)13-7-5-4-6-8-13/h4-10,17,28H,26H2,1-3H3. The third kappa shape index (κ3) is 3.81. The number of ether oxygens (including phenoxy) is 2. The molecule has 0 spiro atoms. The predicted octanol–water partition coefficient (Wildman–Crippen LogP) is 3.36. The number of nitrogens with zero attached hydrogens (tertiary/aromatic N) is 2. The summed E-state index contributed by atoms with van der Waals surface area (Å²) < 4.78 is 10.6. The highest BCUT2D eigenvalue weighted by atomic mass is 79.9. The van der Waals surface area contributed by atoms with Gasteiger partial charge >= 0.3 is 11.9 Å². The number of rotatable bonds is 4. The van der Waals surface area contributed by atoms with Crippen molar-refractivity contribution in [2.75, 3.05) is 19.1 Å². The van der Waals surface area contributed by atoms with Crippen molar-refractivity contribution in [1.82, 2.24) is 0 Å². The smallest absolute Gasteiger partial charge is 0.355 e. The Morgan fingerprint density at radius 1 is 1.16 bits per heavy atom. The molecule has 3 rings (SSSR count). The number of benzene rings is 2. The SMILES string of the molecule is COC(=O)C1=C(C(=O)OC)N(c2c(C)cc(Br)cc2O)C(N)=C(C#N)C1c1ccccc1. The van der Waals surface area contributed by atoms with Gasteiger partial charge < -0.3 is 20.3 Å². The maximum atomic E-state index is 13.0. The number of hydrogen-bond acceptors (Lipinski definition) is 8. The third-order valence-electron chi connectivity index (χ3n) is 5.08. The molecule has 1 aliphatic heterocycles. The summed E-state index contributed by atoms with van der Waals surface area (Å²) in [5.41, 5.74) is 7.29. The van der Waals surface area contributed by atoms with E-state index in [1.807, 2.05) is 0 Å². The van der Waals surface area contributed by atoms with Crippen LogP contribution in [0.1, 0.15) is 17.0 Å². The summed E-state index contributed by atoms with van der Waals surface area (Å²) in [7, 11) is 2.33. The van der Waals surface area contributed by atoms with Gasteiger partial charge in [-0.2, -0.15) is 5.26 Å². The first kappa shape index (κ1) is 22.9. The number of methoxy groups -OCH3 is 2. The van der Waals surface area contributed by atoms with Crippen molar-refractivity contribution in [1.29, 1.82) is 5.26 Å². The first-order valence-corrected chi connectivity index (χ1v) is 10.2. The lowest BCUT2D eigenvalue weighted by Crippen LogP contribution is -2.41. The van der Waals surface area contributed by atoms with Crippen LogP contribution in [0.2, 0.25) is 0 Å². The van der Waals surface area contributed by atoms with Gasteiger partial charge in [0.1, 0.15) is 17.3 Å². The maximum absolute atomic E-state index is 13.0. The van der Waals surface area contributed by atoms with Crippen molar-refractivity contribution < 1.29 is 24.2 Å². The van der Waals surface area contributed by atoms with Crippen molar-refractivity contribution in [2.45, 2.75) is 12.8 Å². The van der Waals surface area contributed by atoms with E-state index in [9.17, 15) is 20.0 Å². The molecule has 0 aromatic heterocycles. The summed E-state index contributed by atoms with van der Waals surface area (Å²) in [5.74, 6) is -3.03. The second kappa shape index (κ2) is 9.16. The van der Waals surface area contributed by atoms with Gasteiger partial charge in [0.25, 0.3) is 0 Å². The van der Waals surface area contributed by atoms with Gasteiger partial charge in [-0.1, -0.05) is 46.3 Å². The molecule has 2 aromatic rings. The summed E-state index contributed by atoms with van der Waals surface area (Å²) in [5, 5.41) is 20.7. The summed E-state index contributed by atoms with van der Waals surface area (Å²) in [4.78, 5) is 27.2. The van der Waals surface area contributed by atoms with Crippen molar-refractivity contribution >= 4 is 33.6 Å². The molecule has 1 aliphatic rings. The molecule has 0 bridgehead atoms. The van der Waals surface area contributed by atoms with Gasteiger partial charge in [0, 0.05) is 4.47 Å². The molecule has 1 atom stereocenters. The minimum atomic E-state index is -0.975. The van der Waals surface area contributed by atoms with Gasteiger partial charge in [0.2, 0.25) is 0 Å². The van der Waals surface area contributed by atoms with Crippen LogP contribution in [0.4, 0.5) is 5.69 Å². The lowest BCUT2D eigenvalue weighted by atomic mass is 9.80. The van der Waals surface area contributed by atoms with E-state index in [0.29, 0.717) is 15.6 Å². The fraction of sp³-hybridized carbons (Fsp3) is 0.174. The van der Waals surface area contributed by atoms with Gasteiger partial charge in [0.15, 0.2) is 0 Å². The quantitative estimate of drug-likeness (QED) is 0.615. The summed E-state index contributed by atoms with van der Waals surface area (Å²) >= 11 is 3.30. The number of hydrogen-bond donors (Lipinski definition) is 2. The Bertz CT molecular complexity index is 1170. The fourth-order valence-electron chi connectivity index (χ4n) is 3.75. The number of nitriles is 1. The van der Waals surface area contributed by atoms with E-state index in [-0.39, 0.29) is 34.1 Å². The molecular weight excluding hydrogens is 478 g/mol. The van der Waals surface area contributed by atoms with E-state index in [0.717, 1.165) is 7.11 Å². The zero-order valence-corrected chi connectivity index (χ0v) is 19.1. The van der Waals surface area contributed by atoms with E-state index in [4.69, 9.17) is 15.2 Å². The molecule has 3 N–H and O–H groups in total. The monoisotopic (exact) mass is 497 g/mol. The number of allylic oxidation sites excluding steroid dienone is 1. The molecule has 2 aromatic carbocycles. The largest absolute Gasteiger partial charge is 0.506 e. The third-order valence-corrected chi connectivity index (χ3v) is 5.54. The van der Waals surface area contributed by atoms with Crippen molar-refractivity contribution in [3.63, 3.8) is 0 Å². The molecule has 0 saturated carbocycles. The van der Waals surface area contributed by atoms with Gasteiger partial charge in [-0.3, -0.25) is 4.90 Å². The number of anilines is 1. The van der Waals surface area contributed by atoms with Crippen molar-refractivity contribution in [3.8, 4) is 11.8 Å². The number of phenols is 1. The average molecular weight is 498 g/mol. The van der Waals surface area contributed by atoms with E-state index >= 15 is 0 Å². The Morgan fingerprint density at radius 3 is 2.31 bits per heavy atom. The van der Waals surface area contributed by atoms with Crippen LogP contribution >= 0.6 is 15.9 Å². The Balaban J connectivity index is 2.48. The first-order chi connectivity index (χ1) is 15.3. The van der Waals surface area contributed by atoms with Gasteiger partial charge in [-0.25, -0.2) is 9.59 Å². The fourth-order valence-corrected chi connectivity index (χ4v) is 4.31. The molecule has 32 heavy (non-hydrogen) atoms. The Hall–Kier alpha value is -3.77. The highest BCUT2D eigenvalue weighted by Crippen LogP contribution is 2.46. The lowest BCUT2D eigenvalue weighted by Gasteiger charge is -2.36. The highest BCUT2D eigenvalue weighted by molar-refractivity contribution is 9.10. The summed E-state index contributed by atoms with van der Waals surface area (Å²) in [6, 6.07) is 13.9. The van der Waals surface area contributed by atoms with E-state index in [1.165, 1.54) is 18.1 Å². The zero-order valence-electron chi connectivity index (χ0n) is 17.5. The van der Waals surface area contributed by atoms with Gasteiger partial charge in [-0.15, -0.1) is 0 Å². The molecule has 0 aliphatic carbocycles. The first-order valence-electron chi connectivity index (χ1n) is 9.41. The minimum absolute atomic E-state index is 0.0194. The van der Waals surface area contributed by atoms with Crippen LogP contribution in [0.15, 0.2) is 69.6 Å². The Morgan fingerprint density at radius 2 is 1.78 bits per heavy atom. The average Bonchev–Trinajstić information content (AvgIpc) is 2.78. The Kier molecular flexibility index (Phi) is 6.55. The minimum Gasteiger partial charge on any atom is -0.506 e. The van der Waals surface area contributed by atoms with E-state index in [2.05, 4.69) is 22.0 Å². The van der Waals surface area contributed by atoms with Crippen LogP contribution in [0.5, 0.6) is 5.75 Å². The normalized spacial score (nSPS) is 16.0. The number of carbonyl (C=O) groups is 2. The summed E-state index contributed by atoms with van der Waals surface area (Å²) in [6.45, 7) is 1.69. The van der Waals surface area contributed by atoms with E-state index in [1.54, 1.807) is 43.3 Å². The second-order valence-electron chi connectivity index (χ2n) is 6.93. The van der Waals surface area contributed by atoms with Crippen molar-refractivity contribution in [3.05, 3.63) is 80.7 Å². The van der Waals surface area contributed by atoms with Crippen LogP contribution in [0.3, 0.4) is 0 Å². The lowest BCUT2D eigenvalue weighted by molar-refractivity contribution is -0.139. The zero-order chi connectivity index (χ0) is 23.6. The predicted molar refractivity (Wildman–Crippen MR) is 120 cm³/mol. The molecule has 8 nitrogen and oxygen atoms in total. The number of aromatic hydroxyl groups is 1. The number of carbonyl (C=O) groups excluding carboxylic acids is 2. The molecule has 1 unspecified atom stereocenters. The topological polar surface area (TPSA) is 126 Å². The van der Waals surface area contributed by atoms with Crippen LogP contribution in [-0.2, 0) is 19.1 Å². The van der Waals surface area contributed by atoms with Crippen molar-refractivity contribution in [2.24, 2.45) is 5.73 Å². The number of phenolic OH excluding ortho intramolecular Hbond substituents is 1. The number of aryl methyl sites for hydroxylation is 1. The van der Waals surface area contributed by atoms with Crippen LogP contribution in [-0.4, -0.2) is 31.3 Å². The number of halogens is 1. The molecule has 0 fully saturated rings. The number of nitrogens with two attached hydrogens (primary N) is 1. The summed E-state index contributed by atoms with van der Waals surface area (Å²) in [6.07, 6.45) is 0. The highest BCUT2D eigenvalue weighted by Gasteiger charge is 2.43. The molecule has 1 heterocycles. The molecule has 164 valence electrons. The molecule has 0 radical (unpaired) electrons. The van der Waals surface area contributed by atoms with Gasteiger partial charge in [0.05, 0.1) is 43.0 Å². The number of esters is 2. The molecule has 0 amide bonds. The molecule has 0 saturated heterocycles.